The zero-order valence-electron chi connectivity index (χ0n) is 13.9. The van der Waals surface area contributed by atoms with E-state index in [2.05, 4.69) is 13.8 Å². The van der Waals surface area contributed by atoms with E-state index in [1.807, 2.05) is 37.3 Å². The number of rotatable bonds is 5. The fraction of sp³-hybridized carbons (Fsp3) is 0.647. The van der Waals surface area contributed by atoms with Crippen molar-refractivity contribution >= 4 is 18.2 Å². The lowest BCUT2D eigenvalue weighted by atomic mass is 9.88. The van der Waals surface area contributed by atoms with E-state index in [-0.39, 0.29) is 5.92 Å². The van der Waals surface area contributed by atoms with E-state index in [0.717, 1.165) is 36.5 Å². The van der Waals surface area contributed by atoms with Gasteiger partial charge in [0.05, 0.1) is 12.4 Å². The lowest BCUT2D eigenvalue weighted by Gasteiger charge is -2.54. The lowest BCUT2D eigenvalue weighted by Crippen LogP contribution is -2.66. The van der Waals surface area contributed by atoms with Crippen LogP contribution in [0.2, 0.25) is 18.1 Å². The highest BCUT2D eigenvalue weighted by molar-refractivity contribution is 7.89. The van der Waals surface area contributed by atoms with Crippen LogP contribution in [0.5, 0.6) is 0 Å². The van der Waals surface area contributed by atoms with Crippen molar-refractivity contribution < 1.29 is 13.0 Å². The van der Waals surface area contributed by atoms with E-state index in [0.29, 0.717) is 6.42 Å². The molecule has 0 spiro atoms. The second kappa shape index (κ2) is 6.46. The van der Waals surface area contributed by atoms with Crippen LogP contribution in [-0.2, 0) is 10.1 Å². The second-order valence-corrected chi connectivity index (χ2v) is 14.0. The molecule has 0 saturated carbocycles. The van der Waals surface area contributed by atoms with Crippen LogP contribution < -0.4 is 0 Å². The molecule has 0 bridgehead atoms. The van der Waals surface area contributed by atoms with Gasteiger partial charge in [-0.1, -0.05) is 75.7 Å². The van der Waals surface area contributed by atoms with Crippen LogP contribution in [0.25, 0.3) is 0 Å². The van der Waals surface area contributed by atoms with Gasteiger partial charge in [-0.05, 0) is 18.4 Å². The molecule has 2 unspecified atom stereocenters. The molecule has 0 amide bonds. The van der Waals surface area contributed by atoms with Crippen molar-refractivity contribution in [3.63, 3.8) is 0 Å². The zero-order chi connectivity index (χ0) is 16.4. The Bertz CT molecular complexity index is 596. The van der Waals surface area contributed by atoms with Gasteiger partial charge in [-0.25, -0.2) is 0 Å². The summed E-state index contributed by atoms with van der Waals surface area (Å²) in [4.78, 5) is 0. The Kier molecular flexibility index (Phi) is 5.19. The van der Waals surface area contributed by atoms with E-state index in [1.165, 1.54) is 0 Å². The molecule has 1 aliphatic rings. The Hall–Kier alpha value is -0.653. The third kappa shape index (κ3) is 2.47. The summed E-state index contributed by atoms with van der Waals surface area (Å²) in [5.74, 6) is -0.0750. The molecule has 1 aromatic carbocycles. The molecule has 3 nitrogen and oxygen atoms in total. The molecule has 22 heavy (non-hydrogen) atoms. The van der Waals surface area contributed by atoms with Crippen LogP contribution in [0.3, 0.4) is 0 Å². The van der Waals surface area contributed by atoms with E-state index < -0.39 is 22.6 Å². The lowest BCUT2D eigenvalue weighted by molar-refractivity contribution is 0.396. The Balaban J connectivity index is 2.72. The maximum atomic E-state index is 12.6. The van der Waals surface area contributed by atoms with Crippen LogP contribution >= 0.6 is 0 Å². The summed E-state index contributed by atoms with van der Waals surface area (Å²) < 4.78 is 34.7. The number of benzene rings is 1. The molecule has 2 rings (SSSR count). The third-order valence-electron chi connectivity index (χ3n) is 6.15. The molecular weight excluding hydrogens is 312 g/mol. The molecule has 2 atom stereocenters. The molecule has 0 aliphatic carbocycles. The first-order valence-corrected chi connectivity index (χ1v) is 12.5. The summed E-state index contributed by atoms with van der Waals surface area (Å²) >= 11 is 0. The fourth-order valence-corrected chi connectivity index (χ4v) is 14.9. The second-order valence-electron chi connectivity index (χ2n) is 6.56. The Labute approximate surface area is 135 Å². The smallest absolute Gasteiger partial charge is 0.268 e. The van der Waals surface area contributed by atoms with Gasteiger partial charge in [-0.3, -0.25) is 4.55 Å². The molecule has 1 aliphatic heterocycles. The van der Waals surface area contributed by atoms with Gasteiger partial charge in [0.2, 0.25) is 0 Å². The summed E-state index contributed by atoms with van der Waals surface area (Å²) in [5, 5.41) is 0. The number of hydrogen-bond acceptors (Lipinski definition) is 2. The van der Waals surface area contributed by atoms with Crippen LogP contribution in [0.15, 0.2) is 30.3 Å². The SMILES string of the molecule is CCC1(S(=O)(=O)O)C(c2ccccc2)CCC[Si]1(CC)CC. The van der Waals surface area contributed by atoms with Crippen LogP contribution in [0.4, 0.5) is 0 Å². The minimum Gasteiger partial charge on any atom is -0.285 e. The average molecular weight is 341 g/mol. The van der Waals surface area contributed by atoms with E-state index in [1.54, 1.807) is 0 Å². The highest BCUT2D eigenvalue weighted by Gasteiger charge is 2.63. The van der Waals surface area contributed by atoms with Crippen molar-refractivity contribution in [2.75, 3.05) is 0 Å². The molecule has 124 valence electrons. The Morgan fingerprint density at radius 3 is 2.23 bits per heavy atom. The van der Waals surface area contributed by atoms with Crippen molar-refractivity contribution in [2.24, 2.45) is 0 Å². The minimum atomic E-state index is -4.10. The largest absolute Gasteiger partial charge is 0.285 e. The van der Waals surface area contributed by atoms with Crippen molar-refractivity contribution in [1.82, 2.24) is 0 Å². The van der Waals surface area contributed by atoms with Crippen molar-refractivity contribution in [1.29, 1.82) is 0 Å². The Morgan fingerprint density at radius 2 is 1.77 bits per heavy atom. The first-order chi connectivity index (χ1) is 10.4. The summed E-state index contributed by atoms with van der Waals surface area (Å²) in [6, 6.07) is 12.8. The van der Waals surface area contributed by atoms with Crippen molar-refractivity contribution in [3.8, 4) is 0 Å². The van der Waals surface area contributed by atoms with Crippen LogP contribution in [0.1, 0.15) is 51.5 Å². The minimum absolute atomic E-state index is 0.0750. The molecule has 0 aromatic heterocycles. The molecule has 1 aromatic rings. The van der Waals surface area contributed by atoms with Gasteiger partial charge in [0.25, 0.3) is 10.1 Å². The van der Waals surface area contributed by atoms with Crippen molar-refractivity contribution in [2.45, 2.75) is 68.5 Å². The van der Waals surface area contributed by atoms with Gasteiger partial charge in [0.1, 0.15) is 0 Å². The molecule has 1 saturated heterocycles. The highest BCUT2D eigenvalue weighted by atomic mass is 32.2. The predicted octanol–water partition coefficient (Wildman–Crippen LogP) is 4.63. The number of hydrogen-bond donors (Lipinski definition) is 1. The van der Waals surface area contributed by atoms with Gasteiger partial charge in [0, 0.05) is 5.92 Å². The summed E-state index contributed by atoms with van der Waals surface area (Å²) in [6.07, 6.45) is 2.44. The monoisotopic (exact) mass is 340 g/mol. The van der Waals surface area contributed by atoms with E-state index in [9.17, 15) is 13.0 Å². The van der Waals surface area contributed by atoms with Crippen LogP contribution in [-0.4, -0.2) is 25.4 Å². The maximum Gasteiger partial charge on any atom is 0.268 e. The molecule has 0 radical (unpaired) electrons. The van der Waals surface area contributed by atoms with Crippen LogP contribution in [0, 0.1) is 0 Å². The third-order valence-corrected chi connectivity index (χ3v) is 16.2. The standard InChI is InChI=1S/C17H28O3SSi/c1-4-17(21(18,19)20)16(15-11-8-7-9-12-15)13-10-14-22(17,5-2)6-3/h7-9,11-12,16H,4-6,10,13-14H2,1-3H3,(H,18,19,20). The molecular formula is C17H28O3SSi. The normalized spacial score (nSPS) is 28.5. The molecule has 1 N–H and O–H groups in total. The molecule has 5 heteroatoms. The molecule has 1 fully saturated rings. The summed E-state index contributed by atoms with van der Waals surface area (Å²) in [6.45, 7) is 6.19. The predicted molar refractivity (Wildman–Crippen MR) is 94.5 cm³/mol. The van der Waals surface area contributed by atoms with E-state index >= 15 is 0 Å². The first kappa shape index (κ1) is 17.7. The summed E-state index contributed by atoms with van der Waals surface area (Å²) in [7, 11) is -6.23. The summed E-state index contributed by atoms with van der Waals surface area (Å²) in [5.41, 5.74) is 1.07. The molecule has 1 heterocycles. The van der Waals surface area contributed by atoms with E-state index in [4.69, 9.17) is 0 Å². The highest BCUT2D eigenvalue weighted by Crippen LogP contribution is 2.54. The van der Waals surface area contributed by atoms with Gasteiger partial charge < -0.3 is 0 Å². The van der Waals surface area contributed by atoms with Gasteiger partial charge in [-0.15, -0.1) is 0 Å². The van der Waals surface area contributed by atoms with Gasteiger partial charge >= 0.3 is 0 Å². The fourth-order valence-electron chi connectivity index (χ4n) is 5.04. The van der Waals surface area contributed by atoms with Crippen molar-refractivity contribution in [3.05, 3.63) is 35.9 Å². The van der Waals surface area contributed by atoms with Gasteiger partial charge in [-0.2, -0.15) is 8.42 Å². The quantitative estimate of drug-likeness (QED) is 0.628. The Morgan fingerprint density at radius 1 is 1.18 bits per heavy atom. The average Bonchev–Trinajstić information content (AvgIpc) is 2.53. The van der Waals surface area contributed by atoms with Gasteiger partial charge in [0.15, 0.2) is 0 Å². The maximum absolute atomic E-state index is 12.6. The zero-order valence-corrected chi connectivity index (χ0v) is 15.7. The first-order valence-electron chi connectivity index (χ1n) is 8.40. The topological polar surface area (TPSA) is 54.4 Å².